The van der Waals surface area contributed by atoms with Crippen molar-refractivity contribution in [2.45, 2.75) is 26.2 Å². The fraction of sp³-hybridized carbons (Fsp3) is 0.571. The lowest BCUT2D eigenvalue weighted by molar-refractivity contribution is 0.264. The molecule has 88 valence electrons. The molecule has 0 aromatic heterocycles. The highest BCUT2D eigenvalue weighted by Gasteiger charge is 2.70. The number of fused-ring (bicyclic) bond motifs is 2. The maximum absolute atomic E-state index is 9.42. The summed E-state index contributed by atoms with van der Waals surface area (Å²) >= 11 is 0. The minimum atomic E-state index is -1.50. The molecular weight excluding hydrogens is 224 g/mol. The summed E-state index contributed by atoms with van der Waals surface area (Å²) in [5.41, 5.74) is -1.93. The van der Waals surface area contributed by atoms with Crippen LogP contribution in [0.15, 0.2) is 11.6 Å². The van der Waals surface area contributed by atoms with Crippen molar-refractivity contribution in [3.8, 4) is 24.3 Å². The molecule has 0 radical (unpaired) electrons. The van der Waals surface area contributed by atoms with Gasteiger partial charge >= 0.3 is 0 Å². The van der Waals surface area contributed by atoms with E-state index in [1.165, 1.54) is 0 Å². The van der Waals surface area contributed by atoms with Gasteiger partial charge in [0.1, 0.15) is 0 Å². The molecule has 1 fully saturated rings. The van der Waals surface area contributed by atoms with Crippen LogP contribution in [0.3, 0.4) is 0 Å². The predicted octanol–water partition coefficient (Wildman–Crippen LogP) is 2.43. The van der Waals surface area contributed by atoms with Crippen molar-refractivity contribution in [1.82, 2.24) is 0 Å². The normalized spacial score (nSPS) is 29.5. The molecule has 0 heterocycles. The summed E-state index contributed by atoms with van der Waals surface area (Å²) in [5.74, 6) is -0.532. The molecule has 2 unspecified atom stereocenters. The van der Waals surface area contributed by atoms with E-state index in [1.54, 1.807) is 0 Å². The van der Waals surface area contributed by atoms with Crippen molar-refractivity contribution in [1.29, 1.82) is 21.0 Å². The SMILES string of the molecule is CCCC1=CC2CC1C(C#N)(C#N)C2(C#N)C#N. The first kappa shape index (κ1) is 12.2. The average molecular weight is 236 g/mol. The fourth-order valence-corrected chi connectivity index (χ4v) is 3.44. The Bertz CT molecular complexity index is 545. The maximum Gasteiger partial charge on any atom is 0.182 e. The zero-order valence-corrected chi connectivity index (χ0v) is 10.1. The minimum Gasteiger partial charge on any atom is -0.196 e. The molecule has 1 saturated carbocycles. The molecule has 0 aromatic rings. The molecule has 0 aliphatic heterocycles. The summed E-state index contributed by atoms with van der Waals surface area (Å²) in [7, 11) is 0. The lowest BCUT2D eigenvalue weighted by Crippen LogP contribution is -2.42. The van der Waals surface area contributed by atoms with Gasteiger partial charge in [0.2, 0.25) is 0 Å². The van der Waals surface area contributed by atoms with Crippen molar-refractivity contribution in [3.05, 3.63) is 11.6 Å². The van der Waals surface area contributed by atoms with Gasteiger partial charge in [0.15, 0.2) is 10.8 Å². The third-order valence-electron chi connectivity index (χ3n) is 4.30. The summed E-state index contributed by atoms with van der Waals surface area (Å²) in [6, 6.07) is 7.91. The number of hydrogen-bond acceptors (Lipinski definition) is 4. The van der Waals surface area contributed by atoms with Crippen LogP contribution in [0.25, 0.3) is 0 Å². The lowest BCUT2D eigenvalue weighted by atomic mass is 9.58. The Hall–Kier alpha value is -2.30. The summed E-state index contributed by atoms with van der Waals surface area (Å²) in [4.78, 5) is 0. The Labute approximate surface area is 106 Å². The van der Waals surface area contributed by atoms with Crippen LogP contribution in [-0.2, 0) is 0 Å². The Morgan fingerprint density at radius 1 is 1.11 bits per heavy atom. The number of rotatable bonds is 2. The second-order valence-corrected chi connectivity index (χ2v) is 4.95. The molecule has 18 heavy (non-hydrogen) atoms. The zero-order valence-electron chi connectivity index (χ0n) is 10.1. The van der Waals surface area contributed by atoms with Crippen LogP contribution < -0.4 is 0 Å². The molecule has 2 aliphatic carbocycles. The van der Waals surface area contributed by atoms with E-state index < -0.39 is 10.8 Å². The van der Waals surface area contributed by atoms with Gasteiger partial charge in [0.25, 0.3) is 0 Å². The highest BCUT2D eigenvalue weighted by Crippen LogP contribution is 2.65. The van der Waals surface area contributed by atoms with Gasteiger partial charge in [-0.2, -0.15) is 21.0 Å². The van der Waals surface area contributed by atoms with E-state index in [0.717, 1.165) is 18.4 Å². The van der Waals surface area contributed by atoms with E-state index in [9.17, 15) is 21.0 Å². The van der Waals surface area contributed by atoms with Crippen LogP contribution in [0.5, 0.6) is 0 Å². The predicted molar refractivity (Wildman–Crippen MR) is 61.9 cm³/mol. The van der Waals surface area contributed by atoms with E-state index >= 15 is 0 Å². The summed E-state index contributed by atoms with van der Waals surface area (Å²) in [6.07, 6.45) is 4.30. The van der Waals surface area contributed by atoms with E-state index in [4.69, 9.17) is 0 Å². The molecule has 0 spiro atoms. The molecule has 0 amide bonds. The van der Waals surface area contributed by atoms with Gasteiger partial charge in [0.05, 0.1) is 24.3 Å². The molecule has 0 aromatic carbocycles. The van der Waals surface area contributed by atoms with Crippen LogP contribution >= 0.6 is 0 Å². The van der Waals surface area contributed by atoms with Crippen molar-refractivity contribution >= 4 is 0 Å². The molecular formula is C14H12N4. The van der Waals surface area contributed by atoms with Crippen molar-refractivity contribution < 1.29 is 0 Å². The van der Waals surface area contributed by atoms with Gasteiger partial charge in [-0.1, -0.05) is 25.0 Å². The molecule has 0 saturated heterocycles. The molecule has 0 N–H and O–H groups in total. The minimum absolute atomic E-state index is 0.253. The van der Waals surface area contributed by atoms with E-state index in [0.29, 0.717) is 6.42 Å². The number of allylic oxidation sites excluding steroid dienone is 2. The molecule has 4 nitrogen and oxygen atoms in total. The second kappa shape index (κ2) is 3.87. The van der Waals surface area contributed by atoms with Crippen molar-refractivity contribution in [2.75, 3.05) is 0 Å². The van der Waals surface area contributed by atoms with Gasteiger partial charge < -0.3 is 0 Å². The molecule has 2 aliphatic rings. The van der Waals surface area contributed by atoms with Gasteiger partial charge in [-0.3, -0.25) is 0 Å². The van der Waals surface area contributed by atoms with Crippen LogP contribution in [0.1, 0.15) is 26.2 Å². The highest BCUT2D eigenvalue weighted by molar-refractivity contribution is 5.48. The quantitative estimate of drug-likeness (QED) is 0.688. The Morgan fingerprint density at radius 2 is 1.67 bits per heavy atom. The fourth-order valence-electron chi connectivity index (χ4n) is 3.44. The smallest absolute Gasteiger partial charge is 0.182 e. The molecule has 2 bridgehead atoms. The van der Waals surface area contributed by atoms with Gasteiger partial charge in [0, 0.05) is 11.8 Å². The van der Waals surface area contributed by atoms with Crippen LogP contribution in [0.2, 0.25) is 0 Å². The lowest BCUT2D eigenvalue weighted by Gasteiger charge is -2.34. The standard InChI is InChI=1S/C14H12N4/c1-2-3-10-4-11-5-12(10)14(8-17,9-18)13(11,6-15)7-16/h4,11-12H,2-3,5H2,1H3. The molecule has 4 heteroatoms. The summed E-state index contributed by atoms with van der Waals surface area (Å²) in [5, 5.41) is 37.5. The van der Waals surface area contributed by atoms with E-state index in [-0.39, 0.29) is 11.8 Å². The summed E-state index contributed by atoms with van der Waals surface area (Å²) in [6.45, 7) is 2.04. The number of nitrogens with zero attached hydrogens (tertiary/aromatic N) is 4. The van der Waals surface area contributed by atoms with Crippen LogP contribution in [0, 0.1) is 68.0 Å². The third-order valence-corrected chi connectivity index (χ3v) is 4.30. The number of nitriles is 4. The highest BCUT2D eigenvalue weighted by atomic mass is 14.7. The third kappa shape index (κ3) is 1.06. The first-order chi connectivity index (χ1) is 8.65. The molecule has 2 atom stereocenters. The van der Waals surface area contributed by atoms with E-state index in [2.05, 4.69) is 0 Å². The monoisotopic (exact) mass is 236 g/mol. The average Bonchev–Trinajstić information content (AvgIpc) is 2.93. The number of hydrogen-bond donors (Lipinski definition) is 0. The van der Waals surface area contributed by atoms with Gasteiger partial charge in [-0.05, 0) is 12.8 Å². The first-order valence-corrected chi connectivity index (χ1v) is 6.01. The first-order valence-electron chi connectivity index (χ1n) is 6.01. The maximum atomic E-state index is 9.42. The second-order valence-electron chi connectivity index (χ2n) is 4.95. The van der Waals surface area contributed by atoms with Gasteiger partial charge in [-0.25, -0.2) is 0 Å². The Kier molecular flexibility index (Phi) is 2.62. The van der Waals surface area contributed by atoms with Crippen LogP contribution in [0.4, 0.5) is 0 Å². The van der Waals surface area contributed by atoms with Crippen molar-refractivity contribution in [3.63, 3.8) is 0 Å². The van der Waals surface area contributed by atoms with Crippen LogP contribution in [-0.4, -0.2) is 0 Å². The molecule has 2 rings (SSSR count). The Balaban J connectivity index is 2.63. The van der Waals surface area contributed by atoms with Crippen molar-refractivity contribution in [2.24, 2.45) is 22.7 Å². The van der Waals surface area contributed by atoms with Gasteiger partial charge in [-0.15, -0.1) is 0 Å². The van der Waals surface area contributed by atoms with E-state index in [1.807, 2.05) is 37.3 Å². The zero-order chi connectivity index (χ0) is 13.4. The Morgan fingerprint density at radius 3 is 2.11 bits per heavy atom. The largest absolute Gasteiger partial charge is 0.196 e. The topological polar surface area (TPSA) is 95.2 Å². The summed E-state index contributed by atoms with van der Waals surface area (Å²) < 4.78 is 0.